The summed E-state index contributed by atoms with van der Waals surface area (Å²) in [5, 5.41) is 3.18. The third-order valence-corrected chi connectivity index (χ3v) is 5.52. The lowest BCUT2D eigenvalue weighted by Crippen LogP contribution is -2.40. The first-order valence-corrected chi connectivity index (χ1v) is 9.91. The van der Waals surface area contributed by atoms with Crippen molar-refractivity contribution in [2.24, 2.45) is 5.92 Å². The molecule has 2 aromatic rings. The minimum atomic E-state index is -0.201. The summed E-state index contributed by atoms with van der Waals surface area (Å²) in [6, 6.07) is 15.2. The molecule has 1 aliphatic rings. The summed E-state index contributed by atoms with van der Waals surface area (Å²) in [6.45, 7) is 6.80. The molecule has 144 valence electrons. The normalized spacial score (nSPS) is 16.9. The summed E-state index contributed by atoms with van der Waals surface area (Å²) in [6.07, 6.45) is 2.76. The summed E-state index contributed by atoms with van der Waals surface area (Å²) < 4.78 is 13.0. The van der Waals surface area contributed by atoms with Crippen molar-refractivity contribution in [1.82, 2.24) is 10.2 Å². The van der Waals surface area contributed by atoms with Gasteiger partial charge < -0.3 is 5.32 Å². The van der Waals surface area contributed by atoms with Crippen molar-refractivity contribution >= 4 is 5.91 Å². The average Bonchev–Trinajstić information content (AvgIpc) is 2.70. The molecule has 3 nitrogen and oxygen atoms in total. The molecule has 0 spiro atoms. The van der Waals surface area contributed by atoms with E-state index >= 15 is 0 Å². The molecule has 1 fully saturated rings. The van der Waals surface area contributed by atoms with Crippen LogP contribution in [0.4, 0.5) is 4.39 Å². The highest BCUT2D eigenvalue weighted by molar-refractivity contribution is 5.79. The minimum Gasteiger partial charge on any atom is -0.349 e. The predicted octanol–water partition coefficient (Wildman–Crippen LogP) is 4.48. The molecule has 3 rings (SSSR count). The lowest BCUT2D eigenvalue weighted by atomic mass is 9.94. The van der Waals surface area contributed by atoms with E-state index in [-0.39, 0.29) is 23.7 Å². The van der Waals surface area contributed by atoms with Gasteiger partial charge in [-0.1, -0.05) is 43.3 Å². The van der Waals surface area contributed by atoms with Crippen LogP contribution in [0, 0.1) is 11.7 Å². The van der Waals surface area contributed by atoms with Crippen LogP contribution in [0.2, 0.25) is 0 Å². The van der Waals surface area contributed by atoms with E-state index in [0.717, 1.165) is 50.0 Å². The smallest absolute Gasteiger partial charge is 0.223 e. The van der Waals surface area contributed by atoms with Gasteiger partial charge in [-0.25, -0.2) is 4.39 Å². The lowest BCUT2D eigenvalue weighted by molar-refractivity contribution is -0.127. The highest BCUT2D eigenvalue weighted by atomic mass is 19.1. The number of nitrogens with zero attached hydrogens (tertiary/aromatic N) is 1. The third-order valence-electron chi connectivity index (χ3n) is 5.52. The predicted molar refractivity (Wildman–Crippen MR) is 107 cm³/mol. The van der Waals surface area contributed by atoms with E-state index in [1.165, 1.54) is 17.7 Å². The quantitative estimate of drug-likeness (QED) is 0.815. The van der Waals surface area contributed by atoms with E-state index < -0.39 is 0 Å². The molecule has 1 saturated heterocycles. The Kier molecular flexibility index (Phi) is 6.62. The minimum absolute atomic E-state index is 0.0284. The van der Waals surface area contributed by atoms with Crippen molar-refractivity contribution in [1.29, 1.82) is 0 Å². The van der Waals surface area contributed by atoms with Gasteiger partial charge in [-0.3, -0.25) is 9.69 Å². The number of carbonyl (C=O) groups is 1. The van der Waals surface area contributed by atoms with Crippen LogP contribution in [0.3, 0.4) is 0 Å². The van der Waals surface area contributed by atoms with Gasteiger partial charge in [0.05, 0.1) is 6.04 Å². The van der Waals surface area contributed by atoms with Crippen LogP contribution in [0.5, 0.6) is 0 Å². The number of rotatable bonds is 6. The van der Waals surface area contributed by atoms with Gasteiger partial charge in [-0.15, -0.1) is 0 Å². The zero-order valence-electron chi connectivity index (χ0n) is 16.2. The van der Waals surface area contributed by atoms with Crippen LogP contribution in [0.25, 0.3) is 0 Å². The molecule has 2 aromatic carbocycles. The van der Waals surface area contributed by atoms with Gasteiger partial charge in [0, 0.05) is 12.5 Å². The van der Waals surface area contributed by atoms with Crippen molar-refractivity contribution in [3.8, 4) is 0 Å². The largest absolute Gasteiger partial charge is 0.349 e. The number of likely N-dealkylation sites (tertiary alicyclic amines) is 1. The Morgan fingerprint density at radius 2 is 1.67 bits per heavy atom. The van der Waals surface area contributed by atoms with Crippen LogP contribution in [-0.4, -0.2) is 23.9 Å². The van der Waals surface area contributed by atoms with Gasteiger partial charge in [0.1, 0.15) is 5.82 Å². The van der Waals surface area contributed by atoms with Gasteiger partial charge in [0.15, 0.2) is 0 Å². The SMILES string of the molecule is CCc1ccc(C(C)NC(=O)C2CCN(Cc3ccc(F)cc3)CC2)cc1. The average molecular weight is 368 g/mol. The van der Waals surface area contributed by atoms with Gasteiger partial charge in [0.2, 0.25) is 5.91 Å². The fourth-order valence-corrected chi connectivity index (χ4v) is 3.66. The Hall–Kier alpha value is -2.20. The summed E-state index contributed by atoms with van der Waals surface area (Å²) in [7, 11) is 0. The molecule has 1 unspecified atom stereocenters. The molecular weight excluding hydrogens is 339 g/mol. The van der Waals surface area contributed by atoms with Crippen LogP contribution in [0.15, 0.2) is 48.5 Å². The molecule has 1 amide bonds. The molecule has 1 atom stereocenters. The zero-order valence-corrected chi connectivity index (χ0v) is 16.2. The summed E-state index contributed by atoms with van der Waals surface area (Å²) in [5.41, 5.74) is 3.57. The lowest BCUT2D eigenvalue weighted by Gasteiger charge is -2.32. The number of piperidine rings is 1. The highest BCUT2D eigenvalue weighted by Gasteiger charge is 2.26. The van der Waals surface area contributed by atoms with Crippen molar-refractivity contribution in [3.05, 3.63) is 71.0 Å². The van der Waals surface area contributed by atoms with Gasteiger partial charge in [0.25, 0.3) is 0 Å². The first kappa shape index (κ1) is 19.6. The van der Waals surface area contributed by atoms with E-state index in [1.807, 2.05) is 19.1 Å². The topological polar surface area (TPSA) is 32.3 Å². The molecule has 0 aromatic heterocycles. The molecular formula is C23H29FN2O. The molecule has 4 heteroatoms. The molecule has 0 saturated carbocycles. The number of hydrogen-bond donors (Lipinski definition) is 1. The fourth-order valence-electron chi connectivity index (χ4n) is 3.66. The standard InChI is InChI=1S/C23H29FN2O/c1-3-18-4-8-20(9-5-18)17(2)25-23(27)21-12-14-26(15-13-21)16-19-6-10-22(24)11-7-19/h4-11,17,21H,3,12-16H2,1-2H3,(H,25,27). The van der Waals surface area contributed by atoms with Crippen LogP contribution >= 0.6 is 0 Å². The van der Waals surface area contributed by atoms with Crippen LogP contribution in [0.1, 0.15) is 49.4 Å². The van der Waals surface area contributed by atoms with Crippen molar-refractivity contribution < 1.29 is 9.18 Å². The molecule has 0 radical (unpaired) electrons. The second kappa shape index (κ2) is 9.14. The third kappa shape index (κ3) is 5.39. The maximum Gasteiger partial charge on any atom is 0.223 e. The van der Waals surface area contributed by atoms with Crippen LogP contribution in [-0.2, 0) is 17.8 Å². The maximum absolute atomic E-state index is 13.0. The fraction of sp³-hybridized carbons (Fsp3) is 0.435. The van der Waals surface area contributed by atoms with Crippen LogP contribution < -0.4 is 5.32 Å². The first-order chi connectivity index (χ1) is 13.0. The number of amides is 1. The van der Waals surface area contributed by atoms with Crippen molar-refractivity contribution in [2.45, 2.75) is 45.7 Å². The van der Waals surface area contributed by atoms with E-state index in [1.54, 1.807) is 0 Å². The van der Waals surface area contributed by atoms with E-state index in [4.69, 9.17) is 0 Å². The molecule has 0 aliphatic carbocycles. The number of aryl methyl sites for hydroxylation is 1. The molecule has 27 heavy (non-hydrogen) atoms. The van der Waals surface area contributed by atoms with Gasteiger partial charge >= 0.3 is 0 Å². The monoisotopic (exact) mass is 368 g/mol. The summed E-state index contributed by atoms with van der Waals surface area (Å²) >= 11 is 0. The van der Waals surface area contributed by atoms with Gasteiger partial charge in [-0.2, -0.15) is 0 Å². The number of carbonyl (C=O) groups excluding carboxylic acids is 1. The molecule has 1 aliphatic heterocycles. The van der Waals surface area contributed by atoms with E-state index in [2.05, 4.69) is 41.4 Å². The number of hydrogen-bond acceptors (Lipinski definition) is 2. The second-order valence-corrected chi connectivity index (χ2v) is 7.50. The van der Waals surface area contributed by atoms with Crippen molar-refractivity contribution in [2.75, 3.05) is 13.1 Å². The second-order valence-electron chi connectivity index (χ2n) is 7.50. The highest BCUT2D eigenvalue weighted by Crippen LogP contribution is 2.21. The van der Waals surface area contributed by atoms with Gasteiger partial charge in [-0.05, 0) is 68.1 Å². The van der Waals surface area contributed by atoms with E-state index in [0.29, 0.717) is 0 Å². The molecule has 0 bridgehead atoms. The zero-order chi connectivity index (χ0) is 19.2. The Morgan fingerprint density at radius 3 is 2.26 bits per heavy atom. The number of nitrogens with one attached hydrogen (secondary N) is 1. The Bertz CT molecular complexity index is 734. The van der Waals surface area contributed by atoms with E-state index in [9.17, 15) is 9.18 Å². The summed E-state index contributed by atoms with van der Waals surface area (Å²) in [5.74, 6) is 0.0305. The Labute approximate surface area is 161 Å². The maximum atomic E-state index is 13.0. The number of benzene rings is 2. The summed E-state index contributed by atoms with van der Waals surface area (Å²) in [4.78, 5) is 15.0. The first-order valence-electron chi connectivity index (χ1n) is 9.91. The number of halogens is 1. The molecule has 1 heterocycles. The molecule has 1 N–H and O–H groups in total. The van der Waals surface area contributed by atoms with Crippen molar-refractivity contribution in [3.63, 3.8) is 0 Å². The Morgan fingerprint density at radius 1 is 1.07 bits per heavy atom. The Balaban J connectivity index is 1.46.